The van der Waals surface area contributed by atoms with Gasteiger partial charge in [0.2, 0.25) is 5.65 Å². The fourth-order valence-electron chi connectivity index (χ4n) is 2.54. The summed E-state index contributed by atoms with van der Waals surface area (Å²) >= 11 is 0. The first-order valence-electron chi connectivity index (χ1n) is 7.49. The maximum atomic E-state index is 11.1. The molecule has 4 heterocycles. The number of fused-ring (bicyclic) bond motifs is 1. The lowest BCUT2D eigenvalue weighted by Gasteiger charge is -2.20. The van der Waals surface area contributed by atoms with Gasteiger partial charge in [0, 0.05) is 6.07 Å². The van der Waals surface area contributed by atoms with Gasteiger partial charge in [-0.1, -0.05) is 9.61 Å². The zero-order valence-corrected chi connectivity index (χ0v) is 13.0. The minimum absolute atomic E-state index is 0.187. The summed E-state index contributed by atoms with van der Waals surface area (Å²) in [6, 6.07) is 10.8. The Bertz CT molecular complexity index is 955. The van der Waals surface area contributed by atoms with Crippen LogP contribution in [0.3, 0.4) is 0 Å². The predicted octanol–water partition coefficient (Wildman–Crippen LogP) is 3.03. The molecule has 0 saturated heterocycles. The number of furan rings is 2. The normalized spacial score (nSPS) is 11.0. The van der Waals surface area contributed by atoms with E-state index >= 15 is 0 Å². The molecule has 4 aromatic heterocycles. The third-order valence-electron chi connectivity index (χ3n) is 3.69. The standard InChI is InChI=1S/C16H13N5O4/c22-21(23)16-9-17-14-5-6-15(18-20(14)16)19(10-12-3-1-7-24-12)11-13-4-2-8-25-13/h1-9H,10-11H2. The Kier molecular flexibility index (Phi) is 3.65. The topological polar surface area (TPSA) is 103 Å². The second kappa shape index (κ2) is 6.11. The van der Waals surface area contributed by atoms with E-state index in [0.29, 0.717) is 24.6 Å². The second-order valence-electron chi connectivity index (χ2n) is 5.35. The highest BCUT2D eigenvalue weighted by Gasteiger charge is 2.20. The smallest absolute Gasteiger partial charge is 0.368 e. The third kappa shape index (κ3) is 2.94. The lowest BCUT2D eigenvalue weighted by Crippen LogP contribution is -2.23. The molecule has 9 heteroatoms. The van der Waals surface area contributed by atoms with Crippen LogP contribution >= 0.6 is 0 Å². The van der Waals surface area contributed by atoms with E-state index in [1.165, 1.54) is 10.7 Å². The van der Waals surface area contributed by atoms with E-state index in [0.717, 1.165) is 11.5 Å². The fraction of sp³-hybridized carbons (Fsp3) is 0.125. The summed E-state index contributed by atoms with van der Waals surface area (Å²) < 4.78 is 12.0. The molecule has 0 aliphatic rings. The number of rotatable bonds is 6. The highest BCUT2D eigenvalue weighted by Crippen LogP contribution is 2.21. The molecule has 0 amide bonds. The number of imidazole rings is 1. The molecule has 0 spiro atoms. The molecule has 0 radical (unpaired) electrons. The lowest BCUT2D eigenvalue weighted by atomic mass is 10.3. The Morgan fingerprint density at radius 2 is 1.76 bits per heavy atom. The van der Waals surface area contributed by atoms with Crippen LogP contribution in [0.1, 0.15) is 11.5 Å². The molecule has 9 nitrogen and oxygen atoms in total. The maximum Gasteiger partial charge on any atom is 0.368 e. The van der Waals surface area contributed by atoms with Crippen molar-refractivity contribution in [3.8, 4) is 0 Å². The van der Waals surface area contributed by atoms with Crippen LogP contribution in [0.4, 0.5) is 11.6 Å². The number of nitro groups is 1. The molecule has 0 aliphatic carbocycles. The van der Waals surface area contributed by atoms with E-state index in [1.54, 1.807) is 36.8 Å². The van der Waals surface area contributed by atoms with Crippen LogP contribution in [-0.4, -0.2) is 19.5 Å². The molecule has 4 aromatic rings. The molecule has 0 saturated carbocycles. The minimum Gasteiger partial charge on any atom is -0.467 e. The van der Waals surface area contributed by atoms with Crippen molar-refractivity contribution in [3.05, 3.63) is 76.8 Å². The quantitative estimate of drug-likeness (QED) is 0.393. The van der Waals surface area contributed by atoms with Gasteiger partial charge < -0.3 is 23.8 Å². The van der Waals surface area contributed by atoms with E-state index < -0.39 is 4.92 Å². The SMILES string of the molecule is O=[N+]([O-])c1cnc2ccc(N(Cc3ccco3)Cc3ccco3)nn12. The van der Waals surface area contributed by atoms with Gasteiger partial charge in [-0.05, 0) is 35.3 Å². The van der Waals surface area contributed by atoms with Crippen molar-refractivity contribution in [2.45, 2.75) is 13.1 Å². The van der Waals surface area contributed by atoms with Gasteiger partial charge in [0.25, 0.3) is 0 Å². The number of nitrogens with zero attached hydrogens (tertiary/aromatic N) is 5. The molecule has 25 heavy (non-hydrogen) atoms. The largest absolute Gasteiger partial charge is 0.467 e. The number of hydrogen-bond donors (Lipinski definition) is 0. The Morgan fingerprint density at radius 1 is 1.08 bits per heavy atom. The summed E-state index contributed by atoms with van der Waals surface area (Å²) in [6.07, 6.45) is 4.38. The first-order chi connectivity index (χ1) is 12.2. The summed E-state index contributed by atoms with van der Waals surface area (Å²) in [5.41, 5.74) is 0.409. The molecule has 0 bridgehead atoms. The van der Waals surface area contributed by atoms with Crippen LogP contribution in [0.25, 0.3) is 5.65 Å². The van der Waals surface area contributed by atoms with Crippen LogP contribution < -0.4 is 4.90 Å². The molecule has 0 aliphatic heterocycles. The highest BCUT2D eigenvalue weighted by atomic mass is 16.6. The van der Waals surface area contributed by atoms with Crippen molar-refractivity contribution in [2.24, 2.45) is 0 Å². The Labute approximate surface area is 141 Å². The number of hydrogen-bond acceptors (Lipinski definition) is 7. The Balaban J connectivity index is 1.73. The Morgan fingerprint density at radius 3 is 2.32 bits per heavy atom. The summed E-state index contributed by atoms with van der Waals surface area (Å²) in [5.74, 6) is 1.84. The molecular weight excluding hydrogens is 326 g/mol. The van der Waals surface area contributed by atoms with E-state index in [1.807, 2.05) is 17.0 Å². The highest BCUT2D eigenvalue weighted by molar-refractivity contribution is 5.49. The average Bonchev–Trinajstić information content (AvgIpc) is 3.35. The van der Waals surface area contributed by atoms with Crippen molar-refractivity contribution in [1.29, 1.82) is 0 Å². The summed E-state index contributed by atoms with van der Waals surface area (Å²) in [6.45, 7) is 0.878. The third-order valence-corrected chi connectivity index (χ3v) is 3.69. The summed E-state index contributed by atoms with van der Waals surface area (Å²) in [7, 11) is 0. The molecule has 126 valence electrons. The van der Waals surface area contributed by atoms with E-state index in [4.69, 9.17) is 8.83 Å². The minimum atomic E-state index is -0.514. The van der Waals surface area contributed by atoms with Crippen LogP contribution in [0, 0.1) is 10.1 Å². The Hall–Kier alpha value is -3.62. The first kappa shape index (κ1) is 14.9. The molecule has 0 atom stereocenters. The molecule has 0 N–H and O–H groups in total. The average molecular weight is 339 g/mol. The monoisotopic (exact) mass is 339 g/mol. The first-order valence-corrected chi connectivity index (χ1v) is 7.49. The fourth-order valence-corrected chi connectivity index (χ4v) is 2.54. The molecule has 0 unspecified atom stereocenters. The van der Waals surface area contributed by atoms with Gasteiger partial charge in [0.1, 0.15) is 17.7 Å². The maximum absolute atomic E-state index is 11.1. The van der Waals surface area contributed by atoms with Gasteiger partial charge in [0.05, 0.1) is 25.6 Å². The predicted molar refractivity (Wildman–Crippen MR) is 86.9 cm³/mol. The second-order valence-corrected chi connectivity index (χ2v) is 5.35. The van der Waals surface area contributed by atoms with Gasteiger partial charge in [-0.15, -0.1) is 0 Å². The van der Waals surface area contributed by atoms with E-state index in [2.05, 4.69) is 10.1 Å². The van der Waals surface area contributed by atoms with Gasteiger partial charge in [-0.3, -0.25) is 0 Å². The number of anilines is 1. The van der Waals surface area contributed by atoms with Gasteiger partial charge in [-0.2, -0.15) is 0 Å². The van der Waals surface area contributed by atoms with Crippen molar-refractivity contribution < 1.29 is 13.8 Å². The van der Waals surface area contributed by atoms with Crippen LogP contribution in [-0.2, 0) is 13.1 Å². The zero-order valence-electron chi connectivity index (χ0n) is 13.0. The van der Waals surface area contributed by atoms with E-state index in [9.17, 15) is 10.1 Å². The van der Waals surface area contributed by atoms with Crippen LogP contribution in [0.2, 0.25) is 0 Å². The zero-order chi connectivity index (χ0) is 17.2. The van der Waals surface area contributed by atoms with Crippen LogP contribution in [0.15, 0.2) is 64.0 Å². The molecule has 4 rings (SSSR count). The molecule has 0 fully saturated rings. The van der Waals surface area contributed by atoms with Gasteiger partial charge >= 0.3 is 5.82 Å². The van der Waals surface area contributed by atoms with Crippen molar-refractivity contribution in [2.75, 3.05) is 4.90 Å². The van der Waals surface area contributed by atoms with Gasteiger partial charge in [-0.25, -0.2) is 4.98 Å². The lowest BCUT2D eigenvalue weighted by molar-refractivity contribution is -0.391. The summed E-state index contributed by atoms with van der Waals surface area (Å²) in [5, 5.41) is 15.5. The number of aromatic nitrogens is 3. The van der Waals surface area contributed by atoms with Crippen molar-refractivity contribution in [3.63, 3.8) is 0 Å². The molecule has 0 aromatic carbocycles. The van der Waals surface area contributed by atoms with Crippen molar-refractivity contribution in [1.82, 2.24) is 14.6 Å². The van der Waals surface area contributed by atoms with Crippen molar-refractivity contribution >= 4 is 17.3 Å². The van der Waals surface area contributed by atoms with Gasteiger partial charge in [0.15, 0.2) is 5.82 Å². The molecular formula is C16H13N5O4. The van der Waals surface area contributed by atoms with E-state index in [-0.39, 0.29) is 5.82 Å². The summed E-state index contributed by atoms with van der Waals surface area (Å²) in [4.78, 5) is 16.5. The van der Waals surface area contributed by atoms with Crippen LogP contribution in [0.5, 0.6) is 0 Å².